The second-order valence-corrected chi connectivity index (χ2v) is 9.78. The fraction of sp³-hybridized carbons (Fsp3) is 0.0625. The van der Waals surface area contributed by atoms with Crippen LogP contribution in [0.1, 0.15) is 17.7 Å². The Morgan fingerprint density at radius 2 is 1.29 bits per heavy atom. The molecule has 7 rings (SSSR count). The predicted molar refractivity (Wildman–Crippen MR) is 149 cm³/mol. The largest absolute Gasteiger partial charge is 0.313 e. The normalized spacial score (nSPS) is 13.1. The average molecular weight is 500 g/mol. The van der Waals surface area contributed by atoms with E-state index in [2.05, 4.69) is 130 Å². The maximum Gasteiger partial charge on any atom is 0.0537 e. The first-order valence-electron chi connectivity index (χ1n) is 11.8. The van der Waals surface area contributed by atoms with Crippen molar-refractivity contribution in [2.75, 3.05) is 0 Å². The molecule has 1 aliphatic rings. The van der Waals surface area contributed by atoms with Crippen molar-refractivity contribution in [2.45, 2.75) is 12.8 Å². The summed E-state index contributed by atoms with van der Waals surface area (Å²) < 4.78 is 3.64. The third-order valence-electron chi connectivity index (χ3n) is 7.11. The van der Waals surface area contributed by atoms with E-state index in [1.165, 1.54) is 60.5 Å². The molecular formula is C32H22BrN. The molecule has 2 heteroatoms. The minimum absolute atomic E-state index is 1.06. The Hall–Kier alpha value is -3.62. The van der Waals surface area contributed by atoms with E-state index in [1.807, 2.05) is 0 Å². The Morgan fingerprint density at radius 3 is 2.03 bits per heavy atom. The molecule has 0 fully saturated rings. The molecule has 5 aromatic carbocycles. The number of aromatic nitrogens is 1. The summed E-state index contributed by atoms with van der Waals surface area (Å²) in [5.41, 5.74) is 7.82. The van der Waals surface area contributed by atoms with E-state index in [0.29, 0.717) is 0 Å². The van der Waals surface area contributed by atoms with Gasteiger partial charge in [0.1, 0.15) is 0 Å². The SMILES string of the molecule is Brc1c2ccccc2c(-c2cccc(-n3c4c(c5ccccc53)C=CCC4)c2)c2ccccc12. The van der Waals surface area contributed by atoms with E-state index in [9.17, 15) is 0 Å². The molecule has 0 unspecified atom stereocenters. The molecule has 0 saturated carbocycles. The van der Waals surface area contributed by atoms with Gasteiger partial charge in [-0.25, -0.2) is 0 Å². The number of halogens is 1. The summed E-state index contributed by atoms with van der Waals surface area (Å²) in [4.78, 5) is 0. The third-order valence-corrected chi connectivity index (χ3v) is 7.96. The third kappa shape index (κ3) is 2.85. The van der Waals surface area contributed by atoms with E-state index >= 15 is 0 Å². The highest BCUT2D eigenvalue weighted by Crippen LogP contribution is 2.42. The molecule has 1 aliphatic carbocycles. The molecule has 0 aliphatic heterocycles. The van der Waals surface area contributed by atoms with Crippen LogP contribution in [0.4, 0.5) is 0 Å². The Labute approximate surface area is 207 Å². The van der Waals surface area contributed by atoms with E-state index < -0.39 is 0 Å². The fourth-order valence-electron chi connectivity index (χ4n) is 5.65. The average Bonchev–Trinajstić information content (AvgIpc) is 3.24. The molecule has 0 radical (unpaired) electrons. The maximum absolute atomic E-state index is 3.89. The fourth-order valence-corrected chi connectivity index (χ4v) is 6.34. The zero-order valence-electron chi connectivity index (χ0n) is 18.6. The van der Waals surface area contributed by atoms with Crippen molar-refractivity contribution in [3.63, 3.8) is 0 Å². The number of fused-ring (bicyclic) bond motifs is 5. The van der Waals surface area contributed by atoms with Crippen LogP contribution in [-0.2, 0) is 6.42 Å². The number of allylic oxidation sites excluding steroid dienone is 1. The molecule has 1 nitrogen and oxygen atoms in total. The van der Waals surface area contributed by atoms with E-state index in [4.69, 9.17) is 0 Å². The summed E-state index contributed by atoms with van der Waals surface area (Å²) in [7, 11) is 0. The van der Waals surface area contributed by atoms with Crippen LogP contribution < -0.4 is 0 Å². The molecule has 0 amide bonds. The van der Waals surface area contributed by atoms with E-state index in [1.54, 1.807) is 0 Å². The van der Waals surface area contributed by atoms with E-state index in [0.717, 1.165) is 17.3 Å². The molecule has 0 bridgehead atoms. The Morgan fingerprint density at radius 1 is 0.647 bits per heavy atom. The summed E-state index contributed by atoms with van der Waals surface area (Å²) in [5, 5.41) is 6.37. The van der Waals surface area contributed by atoms with Gasteiger partial charge in [0.2, 0.25) is 0 Å². The van der Waals surface area contributed by atoms with Crippen LogP contribution in [0, 0.1) is 0 Å². The summed E-state index contributed by atoms with van der Waals surface area (Å²) >= 11 is 3.89. The molecule has 0 saturated heterocycles. The van der Waals surface area contributed by atoms with Gasteiger partial charge in [-0.2, -0.15) is 0 Å². The first kappa shape index (κ1) is 19.8. The standard InChI is InChI=1S/C32H22BrN/c33-32-27-16-3-1-14-25(27)31(26-15-2-4-17-28(26)32)21-10-9-11-22(20-21)34-29-18-7-5-12-23(29)24-13-6-8-19-30(24)34/h1-7,9-18,20H,8,19H2. The van der Waals surface area contributed by atoms with Crippen LogP contribution in [0.25, 0.3) is 55.3 Å². The summed E-state index contributed by atoms with van der Waals surface area (Å²) in [6, 6.07) is 35.3. The second kappa shape index (κ2) is 7.72. The van der Waals surface area contributed by atoms with Crippen molar-refractivity contribution in [3.05, 3.63) is 119 Å². The van der Waals surface area contributed by atoms with Crippen molar-refractivity contribution in [1.82, 2.24) is 4.57 Å². The van der Waals surface area contributed by atoms with Gasteiger partial charge in [-0.1, -0.05) is 91.0 Å². The topological polar surface area (TPSA) is 4.93 Å². The number of nitrogens with zero attached hydrogens (tertiary/aromatic N) is 1. The molecule has 0 N–H and O–H groups in total. The number of hydrogen-bond donors (Lipinski definition) is 0. The van der Waals surface area contributed by atoms with Crippen LogP contribution in [0.15, 0.2) is 108 Å². The quantitative estimate of drug-likeness (QED) is 0.209. The molecule has 1 heterocycles. The molecule has 1 aromatic heterocycles. The second-order valence-electron chi connectivity index (χ2n) is 8.98. The zero-order chi connectivity index (χ0) is 22.6. The monoisotopic (exact) mass is 499 g/mol. The maximum atomic E-state index is 3.89. The van der Waals surface area contributed by atoms with Crippen molar-refractivity contribution >= 4 is 54.5 Å². The zero-order valence-corrected chi connectivity index (χ0v) is 20.2. The van der Waals surface area contributed by atoms with Crippen molar-refractivity contribution in [1.29, 1.82) is 0 Å². The van der Waals surface area contributed by atoms with Gasteiger partial charge < -0.3 is 4.57 Å². The van der Waals surface area contributed by atoms with Gasteiger partial charge in [0.05, 0.1) is 5.52 Å². The van der Waals surface area contributed by atoms with Gasteiger partial charge in [0.15, 0.2) is 0 Å². The Bertz CT molecular complexity index is 1710. The van der Waals surface area contributed by atoms with Crippen molar-refractivity contribution in [3.8, 4) is 16.8 Å². The summed E-state index contributed by atoms with van der Waals surface area (Å²) in [5.74, 6) is 0. The Kier molecular flexibility index (Phi) is 4.50. The van der Waals surface area contributed by atoms with Crippen LogP contribution in [0.2, 0.25) is 0 Å². The van der Waals surface area contributed by atoms with Gasteiger partial charge in [-0.15, -0.1) is 0 Å². The number of hydrogen-bond acceptors (Lipinski definition) is 0. The van der Waals surface area contributed by atoms with Crippen LogP contribution in [0.5, 0.6) is 0 Å². The highest BCUT2D eigenvalue weighted by molar-refractivity contribution is 9.10. The lowest BCUT2D eigenvalue weighted by molar-refractivity contribution is 0.889. The van der Waals surface area contributed by atoms with Gasteiger partial charge in [-0.3, -0.25) is 0 Å². The lowest BCUT2D eigenvalue weighted by Crippen LogP contribution is -2.03. The minimum atomic E-state index is 1.06. The van der Waals surface area contributed by atoms with Crippen LogP contribution >= 0.6 is 15.9 Å². The van der Waals surface area contributed by atoms with Gasteiger partial charge in [-0.05, 0) is 79.6 Å². The first-order valence-corrected chi connectivity index (χ1v) is 12.6. The summed E-state index contributed by atoms with van der Waals surface area (Å²) in [6.07, 6.45) is 6.76. The van der Waals surface area contributed by atoms with Gasteiger partial charge in [0, 0.05) is 26.8 Å². The van der Waals surface area contributed by atoms with Crippen LogP contribution in [-0.4, -0.2) is 4.57 Å². The van der Waals surface area contributed by atoms with Gasteiger partial charge in [0.25, 0.3) is 0 Å². The molecule has 6 aromatic rings. The molecule has 0 atom stereocenters. The lowest BCUT2D eigenvalue weighted by Gasteiger charge is -2.17. The predicted octanol–water partition coefficient (Wildman–Crippen LogP) is 9.33. The number of benzene rings is 5. The molecule has 34 heavy (non-hydrogen) atoms. The van der Waals surface area contributed by atoms with E-state index in [-0.39, 0.29) is 0 Å². The number of rotatable bonds is 2. The Balaban J connectivity index is 1.55. The molecule has 0 spiro atoms. The number of para-hydroxylation sites is 1. The highest BCUT2D eigenvalue weighted by Gasteiger charge is 2.19. The highest BCUT2D eigenvalue weighted by atomic mass is 79.9. The first-order chi connectivity index (χ1) is 16.8. The lowest BCUT2D eigenvalue weighted by atomic mass is 9.92. The molecular weight excluding hydrogens is 478 g/mol. The minimum Gasteiger partial charge on any atom is -0.313 e. The van der Waals surface area contributed by atoms with Crippen LogP contribution in [0.3, 0.4) is 0 Å². The van der Waals surface area contributed by atoms with Crippen molar-refractivity contribution < 1.29 is 0 Å². The van der Waals surface area contributed by atoms with Crippen molar-refractivity contribution in [2.24, 2.45) is 0 Å². The molecule has 162 valence electrons. The van der Waals surface area contributed by atoms with Gasteiger partial charge >= 0.3 is 0 Å². The smallest absolute Gasteiger partial charge is 0.0537 e. The summed E-state index contributed by atoms with van der Waals surface area (Å²) in [6.45, 7) is 0.